The summed E-state index contributed by atoms with van der Waals surface area (Å²) in [5.41, 5.74) is 0. The van der Waals surface area contributed by atoms with E-state index in [0.717, 1.165) is 24.7 Å². The zero-order valence-electron chi connectivity index (χ0n) is 19.8. The average molecular weight is 418 g/mol. The summed E-state index contributed by atoms with van der Waals surface area (Å²) in [6, 6.07) is 0. The first-order chi connectivity index (χ1) is 14.0. The molecule has 0 aromatic rings. The average Bonchev–Trinajstić information content (AvgIpc) is 2.72. The third-order valence-electron chi connectivity index (χ3n) is 5.05. The van der Waals surface area contributed by atoms with E-state index in [1.165, 1.54) is 12.8 Å². The van der Waals surface area contributed by atoms with Gasteiger partial charge in [0.2, 0.25) is 5.91 Å². The van der Waals surface area contributed by atoms with Crippen molar-refractivity contribution in [2.75, 3.05) is 52.8 Å². The molecule has 1 N–H and O–H groups in total. The number of rotatable bonds is 15. The van der Waals surface area contributed by atoms with Gasteiger partial charge in [0.1, 0.15) is 0 Å². The van der Waals surface area contributed by atoms with E-state index < -0.39 is 0 Å². The summed E-state index contributed by atoms with van der Waals surface area (Å²) >= 11 is 0. The van der Waals surface area contributed by atoms with E-state index in [-0.39, 0.29) is 17.9 Å². The van der Waals surface area contributed by atoms with Crippen LogP contribution < -0.4 is 5.32 Å². The quantitative estimate of drug-likeness (QED) is 0.407. The number of carbonyl (C=O) groups is 1. The van der Waals surface area contributed by atoms with Crippen LogP contribution in [0.3, 0.4) is 0 Å². The van der Waals surface area contributed by atoms with Crippen molar-refractivity contribution in [3.8, 4) is 0 Å². The van der Waals surface area contributed by atoms with Crippen LogP contribution in [0.15, 0.2) is 0 Å². The van der Waals surface area contributed by atoms with Crippen molar-refractivity contribution in [1.82, 2.24) is 5.32 Å². The van der Waals surface area contributed by atoms with Gasteiger partial charge in [-0.25, -0.2) is 0 Å². The summed E-state index contributed by atoms with van der Waals surface area (Å²) < 4.78 is 21.7. The van der Waals surface area contributed by atoms with Gasteiger partial charge < -0.3 is 24.3 Å². The molecule has 1 fully saturated rings. The van der Waals surface area contributed by atoms with Crippen LogP contribution in [0.25, 0.3) is 0 Å². The van der Waals surface area contributed by atoms with Crippen molar-refractivity contribution in [1.29, 1.82) is 0 Å². The Morgan fingerprint density at radius 3 is 1.76 bits per heavy atom. The first-order valence-corrected chi connectivity index (χ1v) is 11.6. The topological polar surface area (TPSA) is 66.0 Å². The van der Waals surface area contributed by atoms with Gasteiger partial charge in [-0.1, -0.05) is 27.7 Å². The maximum atomic E-state index is 12.2. The fourth-order valence-corrected chi connectivity index (χ4v) is 3.32. The van der Waals surface area contributed by atoms with Crippen LogP contribution in [0.5, 0.6) is 0 Å². The van der Waals surface area contributed by atoms with E-state index in [2.05, 4.69) is 19.2 Å². The minimum absolute atomic E-state index is 0.189. The molecule has 0 saturated heterocycles. The van der Waals surface area contributed by atoms with Crippen LogP contribution in [-0.2, 0) is 23.7 Å². The van der Waals surface area contributed by atoms with Gasteiger partial charge in [-0.05, 0) is 51.4 Å². The summed E-state index contributed by atoms with van der Waals surface area (Å²) in [5.74, 6) is 1.90. The molecule has 0 bridgehead atoms. The molecule has 0 unspecified atom stereocenters. The maximum Gasteiger partial charge on any atom is 0.223 e. The molecule has 0 heterocycles. The van der Waals surface area contributed by atoms with Gasteiger partial charge >= 0.3 is 0 Å². The van der Waals surface area contributed by atoms with Crippen molar-refractivity contribution >= 4 is 5.91 Å². The molecule has 1 aliphatic carbocycles. The van der Waals surface area contributed by atoms with Gasteiger partial charge in [-0.2, -0.15) is 0 Å². The molecule has 29 heavy (non-hydrogen) atoms. The Labute approximate surface area is 179 Å². The normalized spacial score (nSPS) is 19.2. The second-order valence-electron chi connectivity index (χ2n) is 7.90. The Morgan fingerprint density at radius 1 is 0.793 bits per heavy atom. The van der Waals surface area contributed by atoms with Gasteiger partial charge in [-0.15, -0.1) is 0 Å². The molecule has 174 valence electrons. The van der Waals surface area contributed by atoms with Gasteiger partial charge in [0.05, 0.1) is 52.4 Å². The highest BCUT2D eigenvalue weighted by Gasteiger charge is 2.27. The fraction of sp³-hybridized carbons (Fsp3) is 0.957. The summed E-state index contributed by atoms with van der Waals surface area (Å²) in [6.07, 6.45) is 4.65. The third kappa shape index (κ3) is 15.8. The molecular formula is C23H47NO5. The van der Waals surface area contributed by atoms with Crippen molar-refractivity contribution < 1.29 is 23.7 Å². The number of nitrogens with one attached hydrogen (secondary N) is 1. The predicted molar refractivity (Wildman–Crippen MR) is 118 cm³/mol. The van der Waals surface area contributed by atoms with Gasteiger partial charge in [0.15, 0.2) is 0 Å². The number of carbonyl (C=O) groups excluding carboxylic acids is 1. The maximum absolute atomic E-state index is 12.2. The van der Waals surface area contributed by atoms with Crippen LogP contribution >= 0.6 is 0 Å². The Kier molecular flexibility index (Phi) is 18.8. The van der Waals surface area contributed by atoms with E-state index >= 15 is 0 Å². The molecule has 0 aromatic heterocycles. The summed E-state index contributed by atoms with van der Waals surface area (Å²) in [5, 5.41) is 3.00. The second-order valence-corrected chi connectivity index (χ2v) is 7.90. The Bertz CT molecular complexity index is 368. The van der Waals surface area contributed by atoms with Gasteiger partial charge in [-0.3, -0.25) is 4.79 Å². The molecule has 6 nitrogen and oxygen atoms in total. The van der Waals surface area contributed by atoms with Crippen molar-refractivity contribution in [3.05, 3.63) is 0 Å². The number of amides is 1. The largest absolute Gasteiger partial charge is 0.377 e. The number of hydrogen-bond donors (Lipinski definition) is 1. The van der Waals surface area contributed by atoms with Crippen molar-refractivity contribution in [2.45, 2.75) is 73.3 Å². The molecule has 1 aliphatic rings. The van der Waals surface area contributed by atoms with E-state index in [1.54, 1.807) is 0 Å². The van der Waals surface area contributed by atoms with Crippen LogP contribution in [0.4, 0.5) is 0 Å². The minimum atomic E-state index is 0.189. The highest BCUT2D eigenvalue weighted by Crippen LogP contribution is 2.33. The lowest BCUT2D eigenvalue weighted by molar-refractivity contribution is -0.126. The minimum Gasteiger partial charge on any atom is -0.377 e. The van der Waals surface area contributed by atoms with Crippen LogP contribution in [0, 0.1) is 17.8 Å². The zero-order chi connectivity index (χ0) is 21.9. The number of ether oxygens (including phenoxy) is 4. The second kappa shape index (κ2) is 19.3. The standard InChI is InChI=1S/C21H41NO5.C2H6/c1-17(2)19-5-7-20(8-6-19)21(23)22-9-10-24-11-12-25-13-14-26-15-16-27-18(3)4;1-2/h17-20H,5-16H2,1-4H3,(H,22,23);1-2H3. The molecule has 0 spiro atoms. The lowest BCUT2D eigenvalue weighted by Gasteiger charge is -2.30. The van der Waals surface area contributed by atoms with Crippen molar-refractivity contribution in [3.63, 3.8) is 0 Å². The van der Waals surface area contributed by atoms with E-state index in [9.17, 15) is 4.79 Å². The number of hydrogen-bond acceptors (Lipinski definition) is 5. The SMILES string of the molecule is CC.CC(C)OCCOCCOCCOCCNC(=O)C1CCC(C(C)C)CC1. The van der Waals surface area contributed by atoms with E-state index in [1.807, 2.05) is 27.7 Å². The molecule has 1 saturated carbocycles. The molecule has 1 rings (SSSR count). The Hall–Kier alpha value is -0.690. The molecule has 1 amide bonds. The van der Waals surface area contributed by atoms with Crippen LogP contribution in [0.2, 0.25) is 0 Å². The van der Waals surface area contributed by atoms with Crippen molar-refractivity contribution in [2.24, 2.45) is 17.8 Å². The Balaban J connectivity index is 0.00000379. The molecule has 0 radical (unpaired) electrons. The zero-order valence-corrected chi connectivity index (χ0v) is 19.8. The molecule has 0 atom stereocenters. The van der Waals surface area contributed by atoms with Gasteiger partial charge in [0, 0.05) is 12.5 Å². The van der Waals surface area contributed by atoms with Crippen LogP contribution in [-0.4, -0.2) is 64.8 Å². The summed E-state index contributed by atoms with van der Waals surface area (Å²) in [6.45, 7) is 17.1. The summed E-state index contributed by atoms with van der Waals surface area (Å²) in [4.78, 5) is 12.2. The van der Waals surface area contributed by atoms with E-state index in [4.69, 9.17) is 18.9 Å². The lowest BCUT2D eigenvalue weighted by Crippen LogP contribution is -2.35. The van der Waals surface area contributed by atoms with Gasteiger partial charge in [0.25, 0.3) is 0 Å². The molecule has 0 aliphatic heterocycles. The predicted octanol–water partition coefficient (Wildman–Crippen LogP) is 4.07. The fourth-order valence-electron chi connectivity index (χ4n) is 3.32. The molecule has 6 heteroatoms. The third-order valence-corrected chi connectivity index (χ3v) is 5.05. The Morgan fingerprint density at radius 2 is 1.28 bits per heavy atom. The molecule has 0 aromatic carbocycles. The molecular weight excluding hydrogens is 370 g/mol. The van der Waals surface area contributed by atoms with E-state index in [0.29, 0.717) is 52.8 Å². The monoisotopic (exact) mass is 417 g/mol. The lowest BCUT2D eigenvalue weighted by atomic mass is 9.77. The van der Waals surface area contributed by atoms with Crippen LogP contribution in [0.1, 0.15) is 67.2 Å². The summed E-state index contributed by atoms with van der Waals surface area (Å²) in [7, 11) is 0. The highest BCUT2D eigenvalue weighted by molar-refractivity contribution is 5.78. The highest BCUT2D eigenvalue weighted by atomic mass is 16.6. The smallest absolute Gasteiger partial charge is 0.223 e. The first-order valence-electron chi connectivity index (χ1n) is 11.6. The first kappa shape index (κ1) is 28.3.